The van der Waals surface area contributed by atoms with Crippen molar-refractivity contribution in [3.8, 4) is 11.5 Å². The van der Waals surface area contributed by atoms with Gasteiger partial charge >= 0.3 is 0 Å². The molecule has 1 fully saturated rings. The number of methoxy groups -OCH3 is 2. The SMILES string of the molecule is COc1cc(C(C)(C)C(C)(C)C(C)(C)C)cc(OC)c1C1C=C(CNC(=O)C(C)(C)S)C2CC1C2(C)C. The van der Waals surface area contributed by atoms with Gasteiger partial charge in [-0.2, -0.15) is 12.6 Å². The van der Waals surface area contributed by atoms with Crippen LogP contribution in [0.1, 0.15) is 99.6 Å². The third kappa shape index (κ3) is 4.94. The number of allylic oxidation sites excluding steroid dienone is 1. The van der Waals surface area contributed by atoms with Crippen molar-refractivity contribution >= 4 is 18.5 Å². The van der Waals surface area contributed by atoms with E-state index in [4.69, 9.17) is 9.47 Å². The molecule has 0 radical (unpaired) electrons. The Morgan fingerprint density at radius 2 is 1.51 bits per heavy atom. The predicted molar refractivity (Wildman–Crippen MR) is 158 cm³/mol. The van der Waals surface area contributed by atoms with Crippen LogP contribution < -0.4 is 14.8 Å². The molecule has 0 spiro atoms. The third-order valence-corrected chi connectivity index (χ3v) is 10.9. The van der Waals surface area contributed by atoms with Crippen molar-refractivity contribution in [2.24, 2.45) is 28.1 Å². The molecule has 0 saturated heterocycles. The second-order valence-corrected chi connectivity index (χ2v) is 15.6. The van der Waals surface area contributed by atoms with E-state index in [9.17, 15) is 4.79 Å². The van der Waals surface area contributed by atoms with Gasteiger partial charge in [0, 0.05) is 18.0 Å². The van der Waals surface area contributed by atoms with Gasteiger partial charge in [-0.05, 0) is 71.5 Å². The number of hydrogen-bond acceptors (Lipinski definition) is 4. The summed E-state index contributed by atoms with van der Waals surface area (Å²) in [5.74, 6) is 2.85. The van der Waals surface area contributed by atoms with E-state index >= 15 is 0 Å². The molecule has 0 aliphatic heterocycles. The van der Waals surface area contributed by atoms with Crippen LogP contribution in [-0.2, 0) is 10.2 Å². The number of hydrogen-bond donors (Lipinski definition) is 2. The first-order chi connectivity index (χ1) is 16.7. The zero-order valence-electron chi connectivity index (χ0n) is 25.6. The lowest BCUT2D eigenvalue weighted by Crippen LogP contribution is -2.53. The standard InChI is InChI=1S/C32H51NO3S/c1-28(2,3)32(10,11)30(6,7)20-15-24(35-12)26(25(16-20)36-13)21-14-19(18-33-27(34)31(8,9)37)22-17-23(21)29(22,4)5/h14-16,21-23,37H,17-18H2,1-13H3,(H,33,34). The molecule has 208 valence electrons. The molecular weight excluding hydrogens is 478 g/mol. The van der Waals surface area contributed by atoms with Crippen molar-refractivity contribution in [1.29, 1.82) is 0 Å². The normalized spacial score (nSPS) is 23.6. The first-order valence-corrected chi connectivity index (χ1v) is 14.1. The summed E-state index contributed by atoms with van der Waals surface area (Å²) in [7, 11) is 3.53. The average molecular weight is 530 g/mol. The van der Waals surface area contributed by atoms with Crippen LogP contribution in [0.15, 0.2) is 23.8 Å². The highest BCUT2D eigenvalue weighted by molar-refractivity contribution is 7.82. The number of carbonyl (C=O) groups is 1. The Labute approximate surface area is 231 Å². The van der Waals surface area contributed by atoms with E-state index in [1.807, 2.05) is 13.8 Å². The first kappa shape index (κ1) is 29.9. The van der Waals surface area contributed by atoms with Crippen LogP contribution in [0.2, 0.25) is 0 Å². The molecule has 3 aliphatic carbocycles. The zero-order valence-corrected chi connectivity index (χ0v) is 26.4. The molecule has 1 N–H and O–H groups in total. The lowest BCUT2D eigenvalue weighted by molar-refractivity contribution is -0.122. The minimum atomic E-state index is -0.706. The van der Waals surface area contributed by atoms with Crippen LogP contribution in [-0.4, -0.2) is 31.4 Å². The van der Waals surface area contributed by atoms with E-state index in [0.717, 1.165) is 23.5 Å². The Hall–Kier alpha value is -1.62. The van der Waals surface area contributed by atoms with Crippen LogP contribution >= 0.6 is 12.6 Å². The second kappa shape index (κ2) is 9.54. The van der Waals surface area contributed by atoms with Gasteiger partial charge in [-0.25, -0.2) is 0 Å². The van der Waals surface area contributed by atoms with E-state index in [2.05, 4.69) is 98.5 Å². The van der Waals surface area contributed by atoms with E-state index < -0.39 is 4.75 Å². The number of rotatable bonds is 8. The molecule has 1 aromatic carbocycles. The summed E-state index contributed by atoms with van der Waals surface area (Å²) >= 11 is 4.45. The molecule has 4 rings (SSSR count). The van der Waals surface area contributed by atoms with Gasteiger partial charge in [0.25, 0.3) is 0 Å². The number of fused-ring (bicyclic) bond motifs is 1. The van der Waals surface area contributed by atoms with E-state index in [1.54, 1.807) is 14.2 Å². The van der Waals surface area contributed by atoms with Crippen molar-refractivity contribution in [2.45, 2.75) is 98.7 Å². The lowest BCUT2D eigenvalue weighted by atomic mass is 9.45. The Morgan fingerprint density at radius 3 is 1.92 bits per heavy atom. The van der Waals surface area contributed by atoms with Gasteiger partial charge in [-0.15, -0.1) is 0 Å². The molecule has 1 amide bonds. The summed E-state index contributed by atoms with van der Waals surface area (Å²) in [5.41, 5.74) is 3.77. The molecule has 2 bridgehead atoms. The third-order valence-electron chi connectivity index (χ3n) is 10.7. The Morgan fingerprint density at radius 1 is 1.00 bits per heavy atom. The number of nitrogens with one attached hydrogen (secondary N) is 1. The van der Waals surface area contributed by atoms with Crippen molar-refractivity contribution in [3.63, 3.8) is 0 Å². The van der Waals surface area contributed by atoms with Crippen molar-refractivity contribution in [2.75, 3.05) is 20.8 Å². The fourth-order valence-electron chi connectivity index (χ4n) is 6.45. The Bertz CT molecular complexity index is 1040. The van der Waals surface area contributed by atoms with E-state index in [-0.39, 0.29) is 33.5 Å². The molecule has 3 aliphatic rings. The van der Waals surface area contributed by atoms with Crippen LogP contribution in [0.4, 0.5) is 0 Å². The minimum absolute atomic E-state index is 0.0115. The lowest BCUT2D eigenvalue weighted by Gasteiger charge is -2.59. The highest BCUT2D eigenvalue weighted by Crippen LogP contribution is 2.65. The number of ether oxygens (including phenoxy) is 2. The smallest absolute Gasteiger partial charge is 0.235 e. The average Bonchev–Trinajstić information content (AvgIpc) is 2.79. The van der Waals surface area contributed by atoms with Crippen LogP contribution in [0, 0.1) is 28.1 Å². The molecule has 37 heavy (non-hydrogen) atoms. The maximum Gasteiger partial charge on any atom is 0.235 e. The number of thiol groups is 1. The molecule has 0 heterocycles. The summed E-state index contributed by atoms with van der Waals surface area (Å²) in [4.78, 5) is 12.6. The molecule has 4 nitrogen and oxygen atoms in total. The van der Waals surface area contributed by atoms with Crippen molar-refractivity contribution in [1.82, 2.24) is 5.32 Å². The molecule has 5 heteroatoms. The summed E-state index contributed by atoms with van der Waals surface area (Å²) in [6.07, 6.45) is 3.49. The van der Waals surface area contributed by atoms with Gasteiger partial charge in [0.1, 0.15) is 11.5 Å². The minimum Gasteiger partial charge on any atom is -0.496 e. The Kier molecular flexibility index (Phi) is 7.71. The highest BCUT2D eigenvalue weighted by Gasteiger charge is 2.56. The molecule has 0 aromatic heterocycles. The fraction of sp³-hybridized carbons (Fsp3) is 0.719. The molecular formula is C32H51NO3S. The topological polar surface area (TPSA) is 47.6 Å². The van der Waals surface area contributed by atoms with Crippen LogP contribution in [0.5, 0.6) is 11.5 Å². The van der Waals surface area contributed by atoms with Gasteiger partial charge in [0.05, 0.1) is 19.0 Å². The highest BCUT2D eigenvalue weighted by atomic mass is 32.1. The van der Waals surface area contributed by atoms with Gasteiger partial charge < -0.3 is 14.8 Å². The molecule has 3 atom stereocenters. The second-order valence-electron chi connectivity index (χ2n) is 14.5. The molecule has 1 saturated carbocycles. The van der Waals surface area contributed by atoms with Gasteiger partial charge in [-0.3, -0.25) is 4.79 Å². The number of amides is 1. The number of carbonyl (C=O) groups excluding carboxylic acids is 1. The first-order valence-electron chi connectivity index (χ1n) is 13.7. The quantitative estimate of drug-likeness (QED) is 0.270. The van der Waals surface area contributed by atoms with Gasteiger partial charge in [-0.1, -0.05) is 74.0 Å². The van der Waals surface area contributed by atoms with Crippen molar-refractivity contribution < 1.29 is 14.3 Å². The van der Waals surface area contributed by atoms with E-state index in [1.165, 1.54) is 11.1 Å². The maximum atomic E-state index is 12.6. The summed E-state index contributed by atoms with van der Waals surface area (Å²) in [5, 5.41) is 3.13. The predicted octanol–water partition coefficient (Wildman–Crippen LogP) is 7.56. The van der Waals surface area contributed by atoms with Crippen LogP contribution in [0.3, 0.4) is 0 Å². The molecule has 3 unspecified atom stereocenters. The number of benzene rings is 1. The largest absolute Gasteiger partial charge is 0.496 e. The van der Waals surface area contributed by atoms with Crippen LogP contribution in [0.25, 0.3) is 0 Å². The summed E-state index contributed by atoms with van der Waals surface area (Å²) in [6.45, 7) is 25.2. The van der Waals surface area contributed by atoms with E-state index in [0.29, 0.717) is 18.4 Å². The molecule has 1 aromatic rings. The summed E-state index contributed by atoms with van der Waals surface area (Å²) in [6, 6.07) is 4.48. The monoisotopic (exact) mass is 529 g/mol. The fourth-order valence-corrected chi connectivity index (χ4v) is 6.53. The van der Waals surface area contributed by atoms with Gasteiger partial charge in [0.15, 0.2) is 0 Å². The maximum absolute atomic E-state index is 12.6. The Balaban J connectivity index is 2.10. The van der Waals surface area contributed by atoms with Gasteiger partial charge in [0.2, 0.25) is 5.91 Å². The zero-order chi connectivity index (χ0) is 28.4. The van der Waals surface area contributed by atoms with Crippen molar-refractivity contribution in [3.05, 3.63) is 34.9 Å². The summed E-state index contributed by atoms with van der Waals surface area (Å²) < 4.78 is 11.5.